The van der Waals surface area contributed by atoms with Gasteiger partial charge in [0, 0.05) is 18.2 Å². The molecule has 0 spiro atoms. The van der Waals surface area contributed by atoms with Gasteiger partial charge in [0.15, 0.2) is 0 Å². The van der Waals surface area contributed by atoms with E-state index in [9.17, 15) is 13.2 Å². The molecule has 0 heterocycles. The Labute approximate surface area is 169 Å². The zero-order chi connectivity index (χ0) is 20.9. The Bertz CT molecular complexity index is 839. The van der Waals surface area contributed by atoms with Gasteiger partial charge in [0.1, 0.15) is 0 Å². The fourth-order valence-electron chi connectivity index (χ4n) is 3.24. The number of carbonyl (C=O) groups is 1. The molecular formula is C22H32N2O3S. The minimum atomic E-state index is -3.42. The predicted molar refractivity (Wildman–Crippen MR) is 115 cm³/mol. The first-order valence-corrected chi connectivity index (χ1v) is 11.2. The van der Waals surface area contributed by atoms with Crippen molar-refractivity contribution in [3.63, 3.8) is 0 Å². The van der Waals surface area contributed by atoms with Crippen molar-refractivity contribution in [1.82, 2.24) is 10.0 Å². The second kappa shape index (κ2) is 9.05. The van der Waals surface area contributed by atoms with Crippen LogP contribution in [-0.2, 0) is 14.8 Å². The van der Waals surface area contributed by atoms with Crippen LogP contribution in [0.1, 0.15) is 47.0 Å². The van der Waals surface area contributed by atoms with Gasteiger partial charge >= 0.3 is 0 Å². The van der Waals surface area contributed by atoms with Crippen LogP contribution < -0.4 is 10.0 Å². The van der Waals surface area contributed by atoms with Gasteiger partial charge in [0.2, 0.25) is 10.0 Å². The summed E-state index contributed by atoms with van der Waals surface area (Å²) in [4.78, 5) is 12.4. The molecule has 154 valence electrons. The van der Waals surface area contributed by atoms with E-state index in [0.29, 0.717) is 24.5 Å². The lowest BCUT2D eigenvalue weighted by Crippen LogP contribution is -2.44. The molecule has 0 aromatic rings. The zero-order valence-electron chi connectivity index (χ0n) is 17.3. The van der Waals surface area contributed by atoms with Crippen molar-refractivity contribution in [1.29, 1.82) is 0 Å². The van der Waals surface area contributed by atoms with E-state index in [1.54, 1.807) is 39.0 Å². The Morgan fingerprint density at radius 1 is 1.29 bits per heavy atom. The van der Waals surface area contributed by atoms with E-state index in [1.807, 2.05) is 12.2 Å². The predicted octanol–water partition coefficient (Wildman–Crippen LogP) is 3.54. The van der Waals surface area contributed by atoms with E-state index in [0.717, 1.165) is 12.8 Å². The summed E-state index contributed by atoms with van der Waals surface area (Å²) in [5.41, 5.74) is 3.13. The van der Waals surface area contributed by atoms with Crippen molar-refractivity contribution in [2.24, 2.45) is 5.92 Å². The molecule has 1 amide bonds. The van der Waals surface area contributed by atoms with Gasteiger partial charge in [0.05, 0.1) is 4.75 Å². The number of hydrogen-bond acceptors (Lipinski definition) is 3. The first kappa shape index (κ1) is 22.4. The molecule has 0 radical (unpaired) electrons. The van der Waals surface area contributed by atoms with Crippen LogP contribution in [0.2, 0.25) is 0 Å². The lowest BCUT2D eigenvalue weighted by Gasteiger charge is -2.24. The molecule has 1 fully saturated rings. The molecule has 2 aliphatic rings. The zero-order valence-corrected chi connectivity index (χ0v) is 18.1. The van der Waals surface area contributed by atoms with Crippen molar-refractivity contribution < 1.29 is 13.2 Å². The summed E-state index contributed by atoms with van der Waals surface area (Å²) in [6, 6.07) is -0.325. The van der Waals surface area contributed by atoms with Crippen molar-refractivity contribution in [3.8, 4) is 0 Å². The summed E-state index contributed by atoms with van der Waals surface area (Å²) in [5, 5.41) is 2.92. The van der Waals surface area contributed by atoms with Crippen LogP contribution in [0, 0.1) is 5.92 Å². The average Bonchev–Trinajstić information content (AvgIpc) is 2.94. The van der Waals surface area contributed by atoms with Gasteiger partial charge in [0.25, 0.3) is 5.91 Å². The van der Waals surface area contributed by atoms with E-state index in [4.69, 9.17) is 0 Å². The maximum atomic E-state index is 12.4. The van der Waals surface area contributed by atoms with E-state index < -0.39 is 14.8 Å². The highest BCUT2D eigenvalue weighted by Crippen LogP contribution is 2.34. The van der Waals surface area contributed by atoms with Crippen LogP contribution in [0.3, 0.4) is 0 Å². The third-order valence-corrected chi connectivity index (χ3v) is 7.18. The fourth-order valence-corrected chi connectivity index (χ4v) is 4.17. The molecule has 2 N–H and O–H groups in total. The average molecular weight is 405 g/mol. The van der Waals surface area contributed by atoms with Gasteiger partial charge in [-0.1, -0.05) is 50.0 Å². The lowest BCUT2D eigenvalue weighted by molar-refractivity contribution is -0.117. The smallest absolute Gasteiger partial charge is 0.251 e. The molecule has 2 aliphatic carbocycles. The van der Waals surface area contributed by atoms with Crippen LogP contribution >= 0.6 is 0 Å². The van der Waals surface area contributed by atoms with Crippen LogP contribution in [0.15, 0.2) is 59.8 Å². The summed E-state index contributed by atoms with van der Waals surface area (Å²) in [7, 11) is -3.42. The molecule has 0 saturated heterocycles. The Balaban J connectivity index is 1.89. The summed E-state index contributed by atoms with van der Waals surface area (Å²) in [6.45, 7) is 11.4. The number of sulfonamides is 1. The Morgan fingerprint density at radius 3 is 2.54 bits per heavy atom. The highest BCUT2D eigenvalue weighted by atomic mass is 32.2. The van der Waals surface area contributed by atoms with E-state index >= 15 is 0 Å². The van der Waals surface area contributed by atoms with Crippen molar-refractivity contribution in [3.05, 3.63) is 59.8 Å². The van der Waals surface area contributed by atoms with Gasteiger partial charge < -0.3 is 5.32 Å². The summed E-state index contributed by atoms with van der Waals surface area (Å²) in [6.07, 6.45) is 13.6. The number of allylic oxidation sites excluding steroid dienone is 4. The minimum Gasteiger partial charge on any atom is -0.349 e. The van der Waals surface area contributed by atoms with Gasteiger partial charge in [-0.05, 0) is 57.1 Å². The quantitative estimate of drug-likeness (QED) is 0.711. The summed E-state index contributed by atoms with van der Waals surface area (Å²) < 4.78 is 26.3. The molecule has 0 aliphatic heterocycles. The topological polar surface area (TPSA) is 75.3 Å². The highest BCUT2D eigenvalue weighted by molar-refractivity contribution is 7.90. The second-order valence-corrected chi connectivity index (χ2v) is 10.9. The maximum absolute atomic E-state index is 12.4. The molecule has 2 atom stereocenters. The van der Waals surface area contributed by atoms with Crippen LogP contribution in [-0.4, -0.2) is 31.7 Å². The van der Waals surface area contributed by atoms with Crippen LogP contribution in [0.5, 0.6) is 0 Å². The van der Waals surface area contributed by atoms with Crippen LogP contribution in [0.4, 0.5) is 0 Å². The normalized spacial score (nSPS) is 25.8. The number of amides is 1. The highest BCUT2D eigenvalue weighted by Gasteiger charge is 2.31. The third kappa shape index (κ3) is 5.79. The summed E-state index contributed by atoms with van der Waals surface area (Å²) in [5.74, 6) is 0.469. The Morgan fingerprint density at radius 2 is 1.96 bits per heavy atom. The van der Waals surface area contributed by atoms with E-state index in [2.05, 4.69) is 29.6 Å². The maximum Gasteiger partial charge on any atom is 0.251 e. The molecule has 1 saturated carbocycles. The molecule has 0 aromatic carbocycles. The fraction of sp³-hybridized carbons (Fsp3) is 0.500. The number of rotatable bonds is 6. The van der Waals surface area contributed by atoms with Crippen molar-refractivity contribution in [2.45, 2.75) is 57.7 Å². The number of carbonyl (C=O) groups excluding carboxylic acids is 1. The SMILES string of the molecule is C=C/C=C1/CC(C)C/C1=C/CNC(=O)C1=CCC(NS(=O)(=O)C(C)(C)C)C=C1. The number of nitrogens with one attached hydrogen (secondary N) is 2. The summed E-state index contributed by atoms with van der Waals surface area (Å²) >= 11 is 0. The third-order valence-electron chi connectivity index (χ3n) is 4.95. The van der Waals surface area contributed by atoms with Gasteiger partial charge in [-0.2, -0.15) is 0 Å². The first-order valence-electron chi connectivity index (χ1n) is 9.73. The molecule has 0 aromatic heterocycles. The molecule has 2 rings (SSSR count). The van der Waals surface area contributed by atoms with Gasteiger partial charge in [-0.3, -0.25) is 4.79 Å². The first-order chi connectivity index (χ1) is 13.0. The van der Waals surface area contributed by atoms with Crippen molar-refractivity contribution in [2.75, 3.05) is 6.54 Å². The molecular weight excluding hydrogens is 372 g/mol. The van der Waals surface area contributed by atoms with E-state index in [-0.39, 0.29) is 11.9 Å². The van der Waals surface area contributed by atoms with Gasteiger partial charge in [-0.15, -0.1) is 0 Å². The van der Waals surface area contributed by atoms with E-state index in [1.165, 1.54) is 11.1 Å². The monoisotopic (exact) mass is 404 g/mol. The largest absolute Gasteiger partial charge is 0.349 e. The molecule has 2 unspecified atom stereocenters. The Hall–Kier alpha value is -1.92. The van der Waals surface area contributed by atoms with Gasteiger partial charge in [-0.25, -0.2) is 13.1 Å². The standard InChI is InChI=1S/C22H32N2O3S/c1-6-7-18-14-16(2)15-19(18)12-13-23-21(25)17-8-10-20(11-9-17)24-28(26,27)22(3,4)5/h6-10,12,16,20,24H,1,11,13-15H2,2-5H3,(H,23,25)/b18-7-,19-12-. The molecule has 5 nitrogen and oxygen atoms in total. The molecule has 6 heteroatoms. The Kier molecular flexibility index (Phi) is 7.23. The lowest BCUT2D eigenvalue weighted by atomic mass is 10.0. The molecule has 28 heavy (non-hydrogen) atoms. The second-order valence-electron chi connectivity index (χ2n) is 8.47. The van der Waals surface area contributed by atoms with Crippen LogP contribution in [0.25, 0.3) is 0 Å². The minimum absolute atomic E-state index is 0.148. The molecule has 0 bridgehead atoms. The number of hydrogen-bond donors (Lipinski definition) is 2. The van der Waals surface area contributed by atoms with Crippen molar-refractivity contribution >= 4 is 15.9 Å².